The Balaban J connectivity index is 1.77. The topological polar surface area (TPSA) is 17.0 Å². The Hall–Kier alpha value is -1.54. The van der Waals surface area contributed by atoms with Gasteiger partial charge in [0.2, 0.25) is 0 Å². The minimum absolute atomic E-state index is 0.798. The molecule has 2 nitrogen and oxygen atoms in total. The van der Waals surface area contributed by atoms with Crippen LogP contribution in [0.3, 0.4) is 0 Å². The summed E-state index contributed by atoms with van der Waals surface area (Å²) < 4.78 is 2.39. The van der Waals surface area contributed by atoms with E-state index in [0.717, 1.165) is 32.0 Å². The Morgan fingerprint density at radius 1 is 1.35 bits per heavy atom. The Morgan fingerprint density at radius 3 is 2.90 bits per heavy atom. The van der Waals surface area contributed by atoms with Crippen molar-refractivity contribution < 1.29 is 0 Å². The van der Waals surface area contributed by atoms with Gasteiger partial charge in [-0.1, -0.05) is 23.8 Å². The largest absolute Gasteiger partial charge is 0.347 e. The highest BCUT2D eigenvalue weighted by molar-refractivity contribution is 5.84. The molecule has 0 saturated heterocycles. The molecule has 0 bridgehead atoms. The fourth-order valence-corrected chi connectivity index (χ4v) is 2.72. The zero-order chi connectivity index (χ0) is 13.9. The number of para-hydroxylation sites is 1. The summed E-state index contributed by atoms with van der Waals surface area (Å²) in [5.74, 6) is 0. The lowest BCUT2D eigenvalue weighted by atomic mass is 10.1. The third-order valence-electron chi connectivity index (χ3n) is 4.06. The van der Waals surface area contributed by atoms with Crippen LogP contribution in [0.25, 0.3) is 10.9 Å². The first-order valence-electron chi connectivity index (χ1n) is 7.68. The summed E-state index contributed by atoms with van der Waals surface area (Å²) in [6.07, 6.45) is 7.23. The average Bonchev–Trinajstić information content (AvgIpc) is 3.19. The van der Waals surface area contributed by atoms with Crippen molar-refractivity contribution in [3.05, 3.63) is 48.2 Å². The van der Waals surface area contributed by atoms with Crippen molar-refractivity contribution in [1.29, 1.82) is 0 Å². The van der Waals surface area contributed by atoms with Crippen LogP contribution < -0.4 is 5.32 Å². The first-order chi connectivity index (χ1) is 9.74. The fourth-order valence-electron chi connectivity index (χ4n) is 2.72. The summed E-state index contributed by atoms with van der Waals surface area (Å²) in [5.41, 5.74) is 4.07. The number of aromatic nitrogens is 1. The van der Waals surface area contributed by atoms with Crippen LogP contribution in [0.4, 0.5) is 0 Å². The number of hydrogen-bond donors (Lipinski definition) is 1. The number of hydrogen-bond acceptors (Lipinski definition) is 1. The Bertz CT molecular complexity index is 605. The van der Waals surface area contributed by atoms with Crippen molar-refractivity contribution in [3.63, 3.8) is 0 Å². The molecule has 0 spiro atoms. The van der Waals surface area contributed by atoms with Crippen LogP contribution in [0.5, 0.6) is 0 Å². The van der Waals surface area contributed by atoms with Gasteiger partial charge in [-0.05, 0) is 50.8 Å². The molecule has 0 unspecified atom stereocenters. The number of nitrogens with one attached hydrogen (secondary N) is 1. The van der Waals surface area contributed by atoms with Crippen molar-refractivity contribution in [2.75, 3.05) is 6.54 Å². The zero-order valence-corrected chi connectivity index (χ0v) is 12.4. The van der Waals surface area contributed by atoms with E-state index in [1.807, 2.05) is 0 Å². The van der Waals surface area contributed by atoms with Crippen LogP contribution in [0.2, 0.25) is 0 Å². The maximum atomic E-state index is 4.01. The third kappa shape index (κ3) is 3.13. The molecular formula is C18H24N2. The van der Waals surface area contributed by atoms with Gasteiger partial charge in [0.25, 0.3) is 0 Å². The molecule has 0 amide bonds. The van der Waals surface area contributed by atoms with E-state index in [1.165, 1.54) is 34.9 Å². The van der Waals surface area contributed by atoms with Crippen LogP contribution in [0.15, 0.2) is 42.6 Å². The quantitative estimate of drug-likeness (QED) is 0.754. The molecule has 1 fully saturated rings. The molecule has 1 N–H and O–H groups in total. The minimum Gasteiger partial charge on any atom is -0.347 e. The van der Waals surface area contributed by atoms with Gasteiger partial charge in [-0.15, -0.1) is 6.58 Å². The summed E-state index contributed by atoms with van der Waals surface area (Å²) >= 11 is 0. The minimum atomic E-state index is 0.798. The maximum Gasteiger partial charge on any atom is 0.0483 e. The van der Waals surface area contributed by atoms with Crippen molar-refractivity contribution >= 4 is 10.9 Å². The van der Waals surface area contributed by atoms with Crippen LogP contribution in [-0.4, -0.2) is 17.2 Å². The molecule has 20 heavy (non-hydrogen) atoms. The second-order valence-corrected chi connectivity index (χ2v) is 6.05. The van der Waals surface area contributed by atoms with Crippen LogP contribution in [0, 0.1) is 0 Å². The number of rotatable bonds is 7. The van der Waals surface area contributed by atoms with E-state index < -0.39 is 0 Å². The van der Waals surface area contributed by atoms with E-state index in [4.69, 9.17) is 0 Å². The molecule has 1 saturated carbocycles. The van der Waals surface area contributed by atoms with Gasteiger partial charge in [-0.2, -0.15) is 0 Å². The van der Waals surface area contributed by atoms with Gasteiger partial charge in [0.15, 0.2) is 0 Å². The Morgan fingerprint density at radius 2 is 2.15 bits per heavy atom. The van der Waals surface area contributed by atoms with E-state index in [9.17, 15) is 0 Å². The summed E-state index contributed by atoms with van der Waals surface area (Å²) in [6, 6.07) is 9.55. The lowest BCUT2D eigenvalue weighted by molar-refractivity contribution is 0.677. The van der Waals surface area contributed by atoms with E-state index in [-0.39, 0.29) is 0 Å². The molecule has 1 heterocycles. The molecule has 1 aliphatic rings. The van der Waals surface area contributed by atoms with Gasteiger partial charge < -0.3 is 9.88 Å². The van der Waals surface area contributed by atoms with Gasteiger partial charge in [0, 0.05) is 29.7 Å². The van der Waals surface area contributed by atoms with Gasteiger partial charge >= 0.3 is 0 Å². The van der Waals surface area contributed by atoms with E-state index in [0.29, 0.717) is 0 Å². The molecule has 106 valence electrons. The van der Waals surface area contributed by atoms with Gasteiger partial charge in [-0.25, -0.2) is 0 Å². The number of fused-ring (bicyclic) bond motifs is 1. The number of benzene rings is 1. The van der Waals surface area contributed by atoms with E-state index in [2.05, 4.69) is 53.8 Å². The Labute approximate surface area is 121 Å². The SMILES string of the molecule is C=C(C)CCn1cc(CCNC2CC2)c2ccccc21. The lowest BCUT2D eigenvalue weighted by Gasteiger charge is -2.04. The fraction of sp³-hybridized carbons (Fsp3) is 0.444. The highest BCUT2D eigenvalue weighted by atomic mass is 15.0. The van der Waals surface area contributed by atoms with E-state index in [1.54, 1.807) is 0 Å². The van der Waals surface area contributed by atoms with E-state index >= 15 is 0 Å². The molecular weight excluding hydrogens is 244 g/mol. The first-order valence-corrected chi connectivity index (χ1v) is 7.68. The molecule has 1 aliphatic carbocycles. The molecule has 0 aliphatic heterocycles. The predicted molar refractivity (Wildman–Crippen MR) is 86.1 cm³/mol. The molecule has 0 radical (unpaired) electrons. The Kier molecular flexibility index (Phi) is 3.93. The molecule has 1 aromatic carbocycles. The summed E-state index contributed by atoms with van der Waals surface area (Å²) in [4.78, 5) is 0. The van der Waals surface area contributed by atoms with Crippen molar-refractivity contribution in [1.82, 2.24) is 9.88 Å². The first kappa shape index (κ1) is 13.4. The summed E-state index contributed by atoms with van der Waals surface area (Å²) in [7, 11) is 0. The average molecular weight is 268 g/mol. The van der Waals surface area contributed by atoms with Gasteiger partial charge in [-0.3, -0.25) is 0 Å². The highest BCUT2D eigenvalue weighted by Gasteiger charge is 2.19. The van der Waals surface area contributed by atoms with Crippen LogP contribution in [0.1, 0.15) is 31.7 Å². The molecule has 2 heteroatoms. The van der Waals surface area contributed by atoms with Crippen molar-refractivity contribution in [3.8, 4) is 0 Å². The van der Waals surface area contributed by atoms with Crippen molar-refractivity contribution in [2.45, 2.75) is 45.2 Å². The lowest BCUT2D eigenvalue weighted by Crippen LogP contribution is -2.19. The predicted octanol–water partition coefficient (Wildman–Crippen LogP) is 3.90. The van der Waals surface area contributed by atoms with Gasteiger partial charge in [0.05, 0.1) is 0 Å². The van der Waals surface area contributed by atoms with Crippen LogP contribution >= 0.6 is 0 Å². The molecule has 1 aromatic heterocycles. The second-order valence-electron chi connectivity index (χ2n) is 6.05. The van der Waals surface area contributed by atoms with Gasteiger partial charge in [0.1, 0.15) is 0 Å². The standard InChI is InChI=1S/C18H24N2/c1-14(2)10-12-20-13-15(9-11-19-16-7-8-16)17-5-3-4-6-18(17)20/h3-6,13,16,19H,1,7-12H2,2H3. The number of aryl methyl sites for hydroxylation is 1. The maximum absolute atomic E-state index is 4.01. The molecule has 0 atom stereocenters. The molecule has 3 rings (SSSR count). The number of allylic oxidation sites excluding steroid dienone is 1. The highest BCUT2D eigenvalue weighted by Crippen LogP contribution is 2.23. The third-order valence-corrected chi connectivity index (χ3v) is 4.06. The zero-order valence-electron chi connectivity index (χ0n) is 12.4. The van der Waals surface area contributed by atoms with Crippen molar-refractivity contribution in [2.24, 2.45) is 0 Å². The monoisotopic (exact) mass is 268 g/mol. The summed E-state index contributed by atoms with van der Waals surface area (Å²) in [5, 5.41) is 5.01. The van der Waals surface area contributed by atoms with Crippen LogP contribution in [-0.2, 0) is 13.0 Å². The smallest absolute Gasteiger partial charge is 0.0483 e. The summed E-state index contributed by atoms with van der Waals surface area (Å²) in [6.45, 7) is 8.24. The second kappa shape index (κ2) is 5.84. The normalized spacial score (nSPS) is 14.8. The molecule has 2 aromatic rings. The number of nitrogens with zero attached hydrogens (tertiary/aromatic N) is 1.